The van der Waals surface area contributed by atoms with E-state index in [2.05, 4.69) is 33.5 Å². The summed E-state index contributed by atoms with van der Waals surface area (Å²) < 4.78 is 1.06. The van der Waals surface area contributed by atoms with Crippen LogP contribution in [-0.2, 0) is 0 Å². The van der Waals surface area contributed by atoms with Crippen LogP contribution in [0, 0.1) is 0 Å². The lowest BCUT2D eigenvalue weighted by Gasteiger charge is -1.99. The summed E-state index contributed by atoms with van der Waals surface area (Å²) in [4.78, 5) is 4.20. The van der Waals surface area contributed by atoms with Gasteiger partial charge in [0.15, 0.2) is 0 Å². The zero-order valence-corrected chi connectivity index (χ0v) is 9.12. The quantitative estimate of drug-likeness (QED) is 0.654. The molecule has 0 fully saturated rings. The number of nitrogens with zero attached hydrogens (tertiary/aromatic N) is 1. The first-order valence-corrected chi connectivity index (χ1v) is 5.60. The van der Waals surface area contributed by atoms with Crippen LogP contribution in [0.1, 0.15) is 0 Å². The summed E-state index contributed by atoms with van der Waals surface area (Å²) in [5.41, 5.74) is 0. The van der Waals surface area contributed by atoms with E-state index in [4.69, 9.17) is 0 Å². The molecular formula is C7H8BrNS2. The van der Waals surface area contributed by atoms with E-state index in [1.165, 1.54) is 0 Å². The van der Waals surface area contributed by atoms with E-state index in [0.717, 1.165) is 21.0 Å². The number of aromatic nitrogens is 1. The third-order valence-electron chi connectivity index (χ3n) is 1.05. The van der Waals surface area contributed by atoms with Crippen LogP contribution < -0.4 is 0 Å². The van der Waals surface area contributed by atoms with Gasteiger partial charge in [-0.25, -0.2) is 4.98 Å². The minimum absolute atomic E-state index is 0.883. The predicted octanol–water partition coefficient (Wildman–Crippen LogP) is 2.87. The normalized spacial score (nSPS) is 10.0. The predicted molar refractivity (Wildman–Crippen MR) is 56.5 cm³/mol. The molecule has 1 rings (SSSR count). The number of hydrogen-bond acceptors (Lipinski definition) is 3. The van der Waals surface area contributed by atoms with Crippen molar-refractivity contribution in [2.24, 2.45) is 0 Å². The molecule has 0 bridgehead atoms. The molecule has 0 amide bonds. The monoisotopic (exact) mass is 249 g/mol. The summed E-state index contributed by atoms with van der Waals surface area (Å²) in [6.45, 7) is 0. The molecule has 60 valence electrons. The minimum Gasteiger partial charge on any atom is -0.249 e. The highest BCUT2D eigenvalue weighted by molar-refractivity contribution is 9.10. The Morgan fingerprint density at radius 3 is 3.09 bits per heavy atom. The molecular weight excluding hydrogens is 242 g/mol. The summed E-state index contributed by atoms with van der Waals surface area (Å²) in [6, 6.07) is 3.91. The van der Waals surface area contributed by atoms with Gasteiger partial charge in [0.1, 0.15) is 5.03 Å². The van der Waals surface area contributed by atoms with Gasteiger partial charge >= 0.3 is 0 Å². The van der Waals surface area contributed by atoms with Gasteiger partial charge < -0.3 is 0 Å². The average Bonchev–Trinajstić information content (AvgIpc) is 2.03. The molecule has 0 unspecified atom stereocenters. The molecule has 0 N–H and O–H groups in total. The van der Waals surface area contributed by atoms with Gasteiger partial charge in [-0.2, -0.15) is 12.6 Å². The molecule has 4 heteroatoms. The number of rotatable bonds is 3. The Balaban J connectivity index is 2.62. The van der Waals surface area contributed by atoms with Crippen LogP contribution in [0.5, 0.6) is 0 Å². The van der Waals surface area contributed by atoms with Gasteiger partial charge in [-0.15, -0.1) is 11.8 Å². The highest BCUT2D eigenvalue weighted by Gasteiger charge is 1.98. The summed E-state index contributed by atoms with van der Waals surface area (Å²) in [6.07, 6.45) is 1.80. The van der Waals surface area contributed by atoms with Crippen LogP contribution in [0.15, 0.2) is 27.8 Å². The van der Waals surface area contributed by atoms with Crippen molar-refractivity contribution in [1.82, 2.24) is 4.98 Å². The molecule has 0 aliphatic rings. The molecule has 0 radical (unpaired) electrons. The van der Waals surface area contributed by atoms with Crippen LogP contribution >= 0.6 is 40.3 Å². The first kappa shape index (κ1) is 9.42. The maximum Gasteiger partial charge on any atom is 0.110 e. The Kier molecular flexibility index (Phi) is 4.33. The molecule has 0 aliphatic heterocycles. The fraction of sp³-hybridized carbons (Fsp3) is 0.286. The summed E-state index contributed by atoms with van der Waals surface area (Å²) in [5.74, 6) is 1.88. The highest BCUT2D eigenvalue weighted by Crippen LogP contribution is 2.24. The molecule has 0 atom stereocenters. The van der Waals surface area contributed by atoms with E-state index in [1.54, 1.807) is 18.0 Å². The van der Waals surface area contributed by atoms with E-state index in [1.807, 2.05) is 12.1 Å². The van der Waals surface area contributed by atoms with Crippen LogP contribution in [-0.4, -0.2) is 16.5 Å². The van der Waals surface area contributed by atoms with E-state index in [0.29, 0.717) is 0 Å². The van der Waals surface area contributed by atoms with Gasteiger partial charge in [-0.3, -0.25) is 0 Å². The molecule has 11 heavy (non-hydrogen) atoms. The second-order valence-corrected chi connectivity index (χ2v) is 4.25. The first-order valence-electron chi connectivity index (χ1n) is 3.19. The Hall–Kier alpha value is 0.330. The number of thioether (sulfide) groups is 1. The molecule has 0 saturated carbocycles. The zero-order valence-electron chi connectivity index (χ0n) is 5.83. The Bertz CT molecular complexity index is 229. The van der Waals surface area contributed by atoms with E-state index in [-0.39, 0.29) is 0 Å². The highest BCUT2D eigenvalue weighted by atomic mass is 79.9. The largest absolute Gasteiger partial charge is 0.249 e. The van der Waals surface area contributed by atoms with E-state index < -0.39 is 0 Å². The van der Waals surface area contributed by atoms with Crippen molar-refractivity contribution >= 4 is 40.3 Å². The first-order chi connectivity index (χ1) is 5.34. The molecule has 1 aromatic heterocycles. The number of pyridine rings is 1. The summed E-state index contributed by atoms with van der Waals surface area (Å²) in [5, 5.41) is 1.04. The fourth-order valence-electron chi connectivity index (χ4n) is 0.620. The lowest BCUT2D eigenvalue weighted by Crippen LogP contribution is -1.84. The van der Waals surface area contributed by atoms with Gasteiger partial charge in [-0.05, 0) is 33.8 Å². The lowest BCUT2D eigenvalue weighted by molar-refractivity contribution is 1.11. The SMILES string of the molecule is SCCSc1ncccc1Br. The number of halogens is 1. The van der Waals surface area contributed by atoms with Crippen LogP contribution in [0.4, 0.5) is 0 Å². The van der Waals surface area contributed by atoms with Crippen LogP contribution in [0.2, 0.25) is 0 Å². The Morgan fingerprint density at radius 1 is 1.64 bits per heavy atom. The lowest BCUT2D eigenvalue weighted by atomic mass is 10.5. The maximum atomic E-state index is 4.20. The van der Waals surface area contributed by atoms with Crippen molar-refractivity contribution < 1.29 is 0 Å². The van der Waals surface area contributed by atoms with Gasteiger partial charge in [-0.1, -0.05) is 0 Å². The maximum absolute atomic E-state index is 4.20. The number of thiol groups is 1. The van der Waals surface area contributed by atoms with Gasteiger partial charge in [0.2, 0.25) is 0 Å². The summed E-state index contributed by atoms with van der Waals surface area (Å²) >= 11 is 9.25. The molecule has 0 spiro atoms. The third kappa shape index (κ3) is 3.05. The second kappa shape index (κ2) is 5.06. The zero-order chi connectivity index (χ0) is 8.10. The topological polar surface area (TPSA) is 12.9 Å². The van der Waals surface area contributed by atoms with E-state index in [9.17, 15) is 0 Å². The minimum atomic E-state index is 0.883. The van der Waals surface area contributed by atoms with Crippen molar-refractivity contribution in [2.45, 2.75) is 5.03 Å². The van der Waals surface area contributed by atoms with Crippen LogP contribution in [0.3, 0.4) is 0 Å². The second-order valence-electron chi connectivity index (χ2n) is 1.86. The van der Waals surface area contributed by atoms with Gasteiger partial charge in [0.25, 0.3) is 0 Å². The fourth-order valence-corrected chi connectivity index (χ4v) is 2.12. The molecule has 1 nitrogen and oxygen atoms in total. The van der Waals surface area contributed by atoms with Crippen molar-refractivity contribution in [2.75, 3.05) is 11.5 Å². The van der Waals surface area contributed by atoms with Crippen molar-refractivity contribution in [3.63, 3.8) is 0 Å². The molecule has 0 aliphatic carbocycles. The third-order valence-corrected chi connectivity index (χ3v) is 3.49. The van der Waals surface area contributed by atoms with E-state index >= 15 is 0 Å². The molecule has 1 heterocycles. The Labute approximate surface area is 84.5 Å². The van der Waals surface area contributed by atoms with Crippen molar-refractivity contribution in [1.29, 1.82) is 0 Å². The van der Waals surface area contributed by atoms with Crippen molar-refractivity contribution in [3.05, 3.63) is 22.8 Å². The number of hydrogen-bond donors (Lipinski definition) is 1. The smallest absolute Gasteiger partial charge is 0.110 e. The standard InChI is InChI=1S/C7H8BrNS2/c8-6-2-1-3-9-7(6)11-5-4-10/h1-3,10H,4-5H2. The van der Waals surface area contributed by atoms with Gasteiger partial charge in [0, 0.05) is 16.4 Å². The van der Waals surface area contributed by atoms with Crippen LogP contribution in [0.25, 0.3) is 0 Å². The molecule has 1 aromatic rings. The molecule has 0 saturated heterocycles. The molecule has 0 aromatic carbocycles. The summed E-state index contributed by atoms with van der Waals surface area (Å²) in [7, 11) is 0. The Morgan fingerprint density at radius 2 is 2.45 bits per heavy atom. The average molecular weight is 250 g/mol. The van der Waals surface area contributed by atoms with Crippen molar-refractivity contribution in [3.8, 4) is 0 Å². The van der Waals surface area contributed by atoms with Gasteiger partial charge in [0.05, 0.1) is 0 Å².